The Morgan fingerprint density at radius 2 is 1.83 bits per heavy atom. The summed E-state index contributed by atoms with van der Waals surface area (Å²) in [5.41, 5.74) is 2.39. The van der Waals surface area contributed by atoms with Crippen LogP contribution in [0.3, 0.4) is 0 Å². The van der Waals surface area contributed by atoms with Crippen molar-refractivity contribution in [2.75, 3.05) is 31.1 Å². The van der Waals surface area contributed by atoms with Gasteiger partial charge in [-0.05, 0) is 29.8 Å². The second kappa shape index (κ2) is 6.48. The largest absolute Gasteiger partial charge is 0.345 e. The maximum atomic E-state index is 6.07. The van der Waals surface area contributed by atoms with Crippen LogP contribution >= 0.6 is 22.9 Å². The minimum Gasteiger partial charge on any atom is -0.345 e. The summed E-state index contributed by atoms with van der Waals surface area (Å²) in [5, 5.41) is 1.96. The molecule has 4 rings (SSSR count). The fraction of sp³-hybridized carbons (Fsp3) is 0.278. The van der Waals surface area contributed by atoms with E-state index < -0.39 is 0 Å². The van der Waals surface area contributed by atoms with E-state index in [2.05, 4.69) is 46.2 Å². The van der Waals surface area contributed by atoms with E-state index in [9.17, 15) is 0 Å². The molecule has 5 heteroatoms. The predicted octanol–water partition coefficient (Wildman–Crippen LogP) is 4.27. The van der Waals surface area contributed by atoms with Crippen LogP contribution in [0.25, 0.3) is 10.2 Å². The Balaban J connectivity index is 1.40. The lowest BCUT2D eigenvalue weighted by atomic mass is 10.2. The number of fused-ring (bicyclic) bond motifs is 1. The first-order valence-corrected chi connectivity index (χ1v) is 9.05. The number of piperazine rings is 1. The summed E-state index contributed by atoms with van der Waals surface area (Å²) in [6.07, 6.45) is 0. The molecule has 2 heterocycles. The van der Waals surface area contributed by atoms with E-state index in [0.29, 0.717) is 0 Å². The van der Waals surface area contributed by atoms with Crippen molar-refractivity contribution in [2.45, 2.75) is 6.54 Å². The van der Waals surface area contributed by atoms with E-state index in [1.807, 2.05) is 12.1 Å². The van der Waals surface area contributed by atoms with Crippen LogP contribution in [0.15, 0.2) is 48.5 Å². The van der Waals surface area contributed by atoms with Gasteiger partial charge in [-0.25, -0.2) is 4.98 Å². The molecular weight excluding hydrogens is 326 g/mol. The van der Waals surface area contributed by atoms with Gasteiger partial charge in [0.05, 0.1) is 10.2 Å². The third-order valence-electron chi connectivity index (χ3n) is 4.22. The number of benzene rings is 2. The summed E-state index contributed by atoms with van der Waals surface area (Å²) in [5.74, 6) is 0. The molecule has 0 radical (unpaired) electrons. The number of anilines is 1. The van der Waals surface area contributed by atoms with Crippen molar-refractivity contribution >= 4 is 38.3 Å². The molecule has 23 heavy (non-hydrogen) atoms. The molecule has 1 aliphatic heterocycles. The number of hydrogen-bond donors (Lipinski definition) is 0. The third-order valence-corrected chi connectivity index (χ3v) is 5.55. The Bertz CT molecular complexity index is 776. The zero-order valence-corrected chi connectivity index (χ0v) is 14.4. The van der Waals surface area contributed by atoms with Crippen LogP contribution in [-0.2, 0) is 6.54 Å². The molecule has 0 amide bonds. The van der Waals surface area contributed by atoms with Gasteiger partial charge >= 0.3 is 0 Å². The predicted molar refractivity (Wildman–Crippen MR) is 98.6 cm³/mol. The molecule has 1 saturated heterocycles. The average molecular weight is 344 g/mol. The van der Waals surface area contributed by atoms with Crippen LogP contribution in [0.1, 0.15) is 5.56 Å². The monoisotopic (exact) mass is 343 g/mol. The van der Waals surface area contributed by atoms with Crippen LogP contribution in [0, 0.1) is 0 Å². The molecule has 0 atom stereocenters. The Labute approximate surface area is 145 Å². The van der Waals surface area contributed by atoms with Gasteiger partial charge in [0.1, 0.15) is 0 Å². The fourth-order valence-electron chi connectivity index (χ4n) is 2.99. The first-order valence-electron chi connectivity index (χ1n) is 7.85. The summed E-state index contributed by atoms with van der Waals surface area (Å²) in [6, 6.07) is 16.5. The second-order valence-corrected chi connectivity index (χ2v) is 7.30. The van der Waals surface area contributed by atoms with Gasteiger partial charge in [0.15, 0.2) is 5.13 Å². The summed E-state index contributed by atoms with van der Waals surface area (Å²) >= 11 is 7.86. The number of hydrogen-bond acceptors (Lipinski definition) is 4. The Kier molecular flexibility index (Phi) is 4.21. The molecular formula is C18H18ClN3S. The molecule has 118 valence electrons. The highest BCUT2D eigenvalue weighted by Crippen LogP contribution is 2.29. The fourth-order valence-corrected chi connectivity index (χ4v) is 4.22. The van der Waals surface area contributed by atoms with Crippen molar-refractivity contribution in [3.05, 3.63) is 59.1 Å². The van der Waals surface area contributed by atoms with Crippen LogP contribution in [0.2, 0.25) is 5.02 Å². The zero-order chi connectivity index (χ0) is 15.6. The van der Waals surface area contributed by atoms with E-state index in [1.165, 1.54) is 10.3 Å². The molecule has 1 aromatic heterocycles. The van der Waals surface area contributed by atoms with E-state index in [0.717, 1.165) is 48.4 Å². The van der Waals surface area contributed by atoms with E-state index in [4.69, 9.17) is 16.6 Å². The van der Waals surface area contributed by atoms with E-state index in [-0.39, 0.29) is 0 Å². The molecule has 0 spiro atoms. The normalized spacial score (nSPS) is 16.1. The zero-order valence-electron chi connectivity index (χ0n) is 12.8. The van der Waals surface area contributed by atoms with Crippen molar-refractivity contribution in [1.29, 1.82) is 0 Å². The first kappa shape index (κ1) is 14.9. The number of aromatic nitrogens is 1. The smallest absolute Gasteiger partial charge is 0.186 e. The maximum absolute atomic E-state index is 6.07. The van der Waals surface area contributed by atoms with Crippen molar-refractivity contribution in [3.8, 4) is 0 Å². The Morgan fingerprint density at radius 3 is 2.61 bits per heavy atom. The Hall–Kier alpha value is -1.62. The van der Waals surface area contributed by atoms with E-state index in [1.54, 1.807) is 11.3 Å². The molecule has 0 aliphatic carbocycles. The number of rotatable bonds is 3. The molecule has 1 fully saturated rings. The summed E-state index contributed by atoms with van der Waals surface area (Å²) in [4.78, 5) is 9.65. The van der Waals surface area contributed by atoms with Gasteiger partial charge < -0.3 is 4.90 Å². The van der Waals surface area contributed by atoms with Gasteiger partial charge in [0, 0.05) is 37.7 Å². The summed E-state index contributed by atoms with van der Waals surface area (Å²) < 4.78 is 1.27. The molecule has 0 unspecified atom stereocenters. The molecule has 1 aliphatic rings. The molecule has 0 saturated carbocycles. The van der Waals surface area contributed by atoms with Crippen LogP contribution in [-0.4, -0.2) is 36.1 Å². The Morgan fingerprint density at radius 1 is 1.00 bits per heavy atom. The van der Waals surface area contributed by atoms with Crippen LogP contribution < -0.4 is 4.90 Å². The van der Waals surface area contributed by atoms with E-state index >= 15 is 0 Å². The lowest BCUT2D eigenvalue weighted by Crippen LogP contribution is -2.45. The highest BCUT2D eigenvalue weighted by molar-refractivity contribution is 7.22. The third kappa shape index (κ3) is 3.34. The molecule has 2 aromatic carbocycles. The number of thiazole rings is 1. The van der Waals surface area contributed by atoms with Gasteiger partial charge in [-0.2, -0.15) is 0 Å². The quantitative estimate of drug-likeness (QED) is 0.708. The van der Waals surface area contributed by atoms with Gasteiger partial charge in [0.25, 0.3) is 0 Å². The minimum atomic E-state index is 0.815. The summed E-state index contributed by atoms with van der Waals surface area (Å²) in [7, 11) is 0. The average Bonchev–Trinajstić information content (AvgIpc) is 2.99. The molecule has 0 N–H and O–H groups in total. The molecule has 0 bridgehead atoms. The number of halogens is 1. The topological polar surface area (TPSA) is 19.4 Å². The first-order chi connectivity index (χ1) is 11.3. The van der Waals surface area contributed by atoms with Gasteiger partial charge in [-0.1, -0.05) is 47.2 Å². The summed E-state index contributed by atoms with van der Waals surface area (Å²) in [6.45, 7) is 5.14. The SMILES string of the molecule is Clc1cccc(CN2CCN(c3nc4ccccc4s3)CC2)c1. The lowest BCUT2D eigenvalue weighted by Gasteiger charge is -2.34. The molecule has 3 aromatic rings. The molecule has 3 nitrogen and oxygen atoms in total. The van der Waals surface area contributed by atoms with Crippen LogP contribution in [0.5, 0.6) is 0 Å². The standard InChI is InChI=1S/C18H18ClN3S/c19-15-5-3-4-14(12-15)13-21-8-10-22(11-9-21)18-20-16-6-1-2-7-17(16)23-18/h1-7,12H,8-11,13H2. The minimum absolute atomic E-state index is 0.815. The van der Waals surface area contributed by atoms with Crippen LogP contribution in [0.4, 0.5) is 5.13 Å². The van der Waals surface area contributed by atoms with Crippen molar-refractivity contribution < 1.29 is 0 Å². The van der Waals surface area contributed by atoms with Crippen molar-refractivity contribution in [2.24, 2.45) is 0 Å². The highest BCUT2D eigenvalue weighted by atomic mass is 35.5. The second-order valence-electron chi connectivity index (χ2n) is 5.86. The van der Waals surface area contributed by atoms with Gasteiger partial charge in [-0.3, -0.25) is 4.90 Å². The number of nitrogens with zero attached hydrogens (tertiary/aromatic N) is 3. The van der Waals surface area contributed by atoms with Crippen molar-refractivity contribution in [3.63, 3.8) is 0 Å². The lowest BCUT2D eigenvalue weighted by molar-refractivity contribution is 0.250. The maximum Gasteiger partial charge on any atom is 0.186 e. The highest BCUT2D eigenvalue weighted by Gasteiger charge is 2.19. The van der Waals surface area contributed by atoms with Gasteiger partial charge in [0.2, 0.25) is 0 Å². The number of para-hydroxylation sites is 1. The van der Waals surface area contributed by atoms with Gasteiger partial charge in [-0.15, -0.1) is 0 Å². The van der Waals surface area contributed by atoms with Crippen molar-refractivity contribution in [1.82, 2.24) is 9.88 Å².